The highest BCUT2D eigenvalue weighted by Gasteiger charge is 2.17. The minimum Gasteiger partial charge on any atom is -0.299 e. The third-order valence-corrected chi connectivity index (χ3v) is 5.29. The number of rotatable bonds is 5. The predicted octanol–water partition coefficient (Wildman–Crippen LogP) is 2.95. The summed E-state index contributed by atoms with van der Waals surface area (Å²) in [5.74, 6) is 0.617. The largest absolute Gasteiger partial charge is 0.299 e. The Kier molecular flexibility index (Phi) is 5.00. The van der Waals surface area contributed by atoms with E-state index in [1.807, 2.05) is 12.1 Å². The summed E-state index contributed by atoms with van der Waals surface area (Å²) in [5.41, 5.74) is 2.01. The molecule has 1 heterocycles. The Morgan fingerprint density at radius 3 is 2.57 bits per heavy atom. The molecule has 0 unspecified atom stereocenters. The van der Waals surface area contributed by atoms with Crippen LogP contribution >= 0.6 is 0 Å². The Labute approximate surface area is 138 Å². The maximum absolute atomic E-state index is 12.4. The molecule has 1 aromatic carbocycles. The quantitative estimate of drug-likeness (QED) is 0.790. The average Bonchev–Trinajstić information content (AvgIpc) is 3.04. The summed E-state index contributed by atoms with van der Waals surface area (Å²) in [5, 5.41) is 7.86. The molecule has 1 atom stereocenters. The highest BCUT2D eigenvalue weighted by atomic mass is 32.2. The van der Waals surface area contributed by atoms with E-state index in [0.29, 0.717) is 16.6 Å². The first-order valence-corrected chi connectivity index (χ1v) is 9.55. The molecule has 0 aliphatic heterocycles. The van der Waals surface area contributed by atoms with Crippen molar-refractivity contribution < 1.29 is 9.00 Å². The van der Waals surface area contributed by atoms with Crippen LogP contribution in [0.1, 0.15) is 53.9 Å². The summed E-state index contributed by atoms with van der Waals surface area (Å²) in [6.07, 6.45) is 9.42. The number of nitrogens with zero attached hydrogens (tertiary/aromatic N) is 3. The van der Waals surface area contributed by atoms with Gasteiger partial charge in [0.15, 0.2) is 5.78 Å². The van der Waals surface area contributed by atoms with Gasteiger partial charge >= 0.3 is 0 Å². The highest BCUT2D eigenvalue weighted by molar-refractivity contribution is 7.84. The number of ketones is 1. The van der Waals surface area contributed by atoms with Gasteiger partial charge in [0.05, 0.1) is 17.3 Å². The minimum atomic E-state index is -1.25. The van der Waals surface area contributed by atoms with Crippen molar-refractivity contribution in [3.05, 3.63) is 41.7 Å². The number of hydrogen-bond donors (Lipinski definition) is 0. The second-order valence-corrected chi connectivity index (χ2v) is 7.35. The van der Waals surface area contributed by atoms with E-state index < -0.39 is 10.8 Å². The Hall–Kier alpha value is -1.82. The molecule has 0 bridgehead atoms. The molecule has 2 aromatic rings. The van der Waals surface area contributed by atoms with Crippen molar-refractivity contribution in [1.82, 2.24) is 14.8 Å². The zero-order valence-electron chi connectivity index (χ0n) is 13.3. The van der Waals surface area contributed by atoms with E-state index in [4.69, 9.17) is 0 Å². The van der Waals surface area contributed by atoms with Crippen molar-refractivity contribution in [3.8, 4) is 0 Å². The van der Waals surface area contributed by atoms with Crippen LogP contribution in [-0.4, -0.2) is 31.0 Å². The van der Waals surface area contributed by atoms with Gasteiger partial charge in [0.25, 0.3) is 0 Å². The van der Waals surface area contributed by atoms with E-state index in [9.17, 15) is 9.00 Å². The molecule has 5 nitrogen and oxygen atoms in total. The molecular formula is C17H21N3O2S. The van der Waals surface area contributed by atoms with E-state index in [1.165, 1.54) is 50.3 Å². The SMILES string of the molecule is C[S@](=O)c1nncn1CC(=O)c1ccc(C2CCCCC2)cc1. The lowest BCUT2D eigenvalue weighted by Gasteiger charge is -2.22. The number of carbonyl (C=O) groups is 1. The number of Topliss-reactive ketones (excluding diaryl/α,β-unsaturated/α-hetero) is 1. The summed E-state index contributed by atoms with van der Waals surface area (Å²) >= 11 is 0. The van der Waals surface area contributed by atoms with Crippen molar-refractivity contribution in [1.29, 1.82) is 0 Å². The first-order valence-electron chi connectivity index (χ1n) is 7.99. The second kappa shape index (κ2) is 7.17. The minimum absolute atomic E-state index is 0.0216. The summed E-state index contributed by atoms with van der Waals surface area (Å²) in [6.45, 7) is 0.116. The topological polar surface area (TPSA) is 64.8 Å². The van der Waals surface area contributed by atoms with Crippen LogP contribution in [0.15, 0.2) is 35.7 Å². The molecule has 1 aliphatic carbocycles. The van der Waals surface area contributed by atoms with Crippen LogP contribution in [-0.2, 0) is 17.3 Å². The second-order valence-electron chi connectivity index (χ2n) is 6.08. The van der Waals surface area contributed by atoms with Crippen molar-refractivity contribution in [2.24, 2.45) is 0 Å². The van der Waals surface area contributed by atoms with Crippen LogP contribution in [0.25, 0.3) is 0 Å². The van der Waals surface area contributed by atoms with Gasteiger partial charge in [-0.25, -0.2) is 0 Å². The van der Waals surface area contributed by atoms with Crippen molar-refractivity contribution in [2.75, 3.05) is 6.26 Å². The van der Waals surface area contributed by atoms with E-state index in [0.717, 1.165) is 0 Å². The number of aromatic nitrogens is 3. The number of benzene rings is 1. The maximum Gasteiger partial charge on any atom is 0.221 e. The molecular weight excluding hydrogens is 310 g/mol. The molecule has 0 N–H and O–H groups in total. The van der Waals surface area contributed by atoms with Crippen LogP contribution in [0.3, 0.4) is 0 Å². The molecule has 1 fully saturated rings. The van der Waals surface area contributed by atoms with Crippen LogP contribution in [0, 0.1) is 0 Å². The normalized spacial score (nSPS) is 17.1. The molecule has 6 heteroatoms. The fraction of sp³-hybridized carbons (Fsp3) is 0.471. The molecule has 0 saturated heterocycles. The zero-order valence-corrected chi connectivity index (χ0v) is 14.1. The van der Waals surface area contributed by atoms with Gasteiger partial charge in [-0.05, 0) is 24.3 Å². The summed E-state index contributed by atoms with van der Waals surface area (Å²) in [7, 11) is -1.25. The van der Waals surface area contributed by atoms with Crippen LogP contribution < -0.4 is 0 Å². The van der Waals surface area contributed by atoms with Gasteiger partial charge in [-0.1, -0.05) is 43.5 Å². The van der Waals surface area contributed by atoms with E-state index >= 15 is 0 Å². The van der Waals surface area contributed by atoms with Gasteiger partial charge in [0.1, 0.15) is 6.33 Å². The summed E-state index contributed by atoms with van der Waals surface area (Å²) < 4.78 is 13.1. The summed E-state index contributed by atoms with van der Waals surface area (Å²) in [6, 6.07) is 7.96. The average molecular weight is 331 g/mol. The van der Waals surface area contributed by atoms with Crippen molar-refractivity contribution in [2.45, 2.75) is 49.7 Å². The molecule has 1 aromatic heterocycles. The first kappa shape index (κ1) is 16.1. The van der Waals surface area contributed by atoms with Gasteiger partial charge in [0.2, 0.25) is 5.16 Å². The molecule has 0 radical (unpaired) electrons. The van der Waals surface area contributed by atoms with Crippen LogP contribution in [0.5, 0.6) is 0 Å². The number of hydrogen-bond acceptors (Lipinski definition) is 4. The Morgan fingerprint density at radius 2 is 1.91 bits per heavy atom. The Balaban J connectivity index is 1.70. The molecule has 0 spiro atoms. The summed E-state index contributed by atoms with van der Waals surface area (Å²) in [4.78, 5) is 12.4. The third kappa shape index (κ3) is 3.75. The smallest absolute Gasteiger partial charge is 0.221 e. The van der Waals surface area contributed by atoms with Gasteiger partial charge in [0, 0.05) is 11.8 Å². The molecule has 23 heavy (non-hydrogen) atoms. The molecule has 122 valence electrons. The van der Waals surface area contributed by atoms with Crippen molar-refractivity contribution >= 4 is 16.6 Å². The first-order chi connectivity index (χ1) is 11.1. The standard InChI is InChI=1S/C17H21N3O2S/c1-23(22)17-19-18-12-20(17)11-16(21)15-9-7-14(8-10-15)13-5-3-2-4-6-13/h7-10,12-13H,2-6,11H2,1H3/t23-/m0/s1. The zero-order chi connectivity index (χ0) is 16.2. The van der Waals surface area contributed by atoms with E-state index in [1.54, 1.807) is 4.57 Å². The highest BCUT2D eigenvalue weighted by Crippen LogP contribution is 2.32. The van der Waals surface area contributed by atoms with Crippen molar-refractivity contribution in [3.63, 3.8) is 0 Å². The predicted molar refractivity (Wildman–Crippen MR) is 89.0 cm³/mol. The fourth-order valence-electron chi connectivity index (χ4n) is 3.20. The van der Waals surface area contributed by atoms with Gasteiger partial charge in [-0.2, -0.15) is 0 Å². The lowest BCUT2D eigenvalue weighted by atomic mass is 9.84. The van der Waals surface area contributed by atoms with E-state index in [2.05, 4.69) is 22.3 Å². The monoisotopic (exact) mass is 331 g/mol. The van der Waals surface area contributed by atoms with E-state index in [-0.39, 0.29) is 12.3 Å². The fourth-order valence-corrected chi connectivity index (χ4v) is 3.80. The third-order valence-electron chi connectivity index (χ3n) is 4.46. The lowest BCUT2D eigenvalue weighted by Crippen LogP contribution is -2.13. The van der Waals surface area contributed by atoms with Crippen LogP contribution in [0.4, 0.5) is 0 Å². The molecule has 1 saturated carbocycles. The van der Waals surface area contributed by atoms with Gasteiger partial charge in [-0.15, -0.1) is 10.2 Å². The Bertz CT molecular complexity index is 703. The van der Waals surface area contributed by atoms with Gasteiger partial charge in [-0.3, -0.25) is 13.6 Å². The molecule has 3 rings (SSSR count). The Morgan fingerprint density at radius 1 is 1.22 bits per heavy atom. The molecule has 1 aliphatic rings. The maximum atomic E-state index is 12.4. The number of carbonyl (C=O) groups excluding carboxylic acids is 1. The lowest BCUT2D eigenvalue weighted by molar-refractivity contribution is 0.0969. The van der Waals surface area contributed by atoms with Crippen LogP contribution in [0.2, 0.25) is 0 Å². The molecule has 0 amide bonds. The van der Waals surface area contributed by atoms with Gasteiger partial charge < -0.3 is 0 Å².